The molecule has 7 nitrogen and oxygen atoms in total. The van der Waals surface area contributed by atoms with E-state index in [0.717, 1.165) is 0 Å². The van der Waals surface area contributed by atoms with Crippen molar-refractivity contribution in [1.82, 2.24) is 10.0 Å². The Morgan fingerprint density at radius 2 is 1.73 bits per heavy atom. The van der Waals surface area contributed by atoms with Crippen LogP contribution in [0.1, 0.15) is 76.3 Å². The lowest BCUT2D eigenvalue weighted by atomic mass is 9.62. The standard InChI is InChI=1S/C31H35Cl2F4N3O4S/c1-29(2,3)15-24-30(20-12-9-17(32)14-22(20)38-28(30)42)25(19-5-4-6-21(33)26(19)34)27(39-24)23(41)13-16-7-10-18(11-8-16)40-45(43,44)31(35,36)37/h4-6,9,12,14,16,18,24-25,27,39-40H,7-8,10-11,13,15H2,1-3H3,(H,38,42)/t16?,18?,24-,25+,27+,30+/m1/s1. The number of nitrogens with one attached hydrogen (secondary N) is 3. The second-order valence-electron chi connectivity index (χ2n) is 13.6. The van der Waals surface area contributed by atoms with Crippen LogP contribution >= 0.6 is 23.2 Å². The van der Waals surface area contributed by atoms with Gasteiger partial charge in [-0.1, -0.05) is 62.2 Å². The van der Waals surface area contributed by atoms with Gasteiger partial charge in [-0.15, -0.1) is 0 Å². The van der Waals surface area contributed by atoms with Gasteiger partial charge in [-0.05, 0) is 72.8 Å². The largest absolute Gasteiger partial charge is 0.511 e. The average Bonchev–Trinajstić information content (AvgIpc) is 3.39. The van der Waals surface area contributed by atoms with Gasteiger partial charge in [0, 0.05) is 35.1 Å². The molecule has 0 unspecified atom stereocenters. The first-order valence-electron chi connectivity index (χ1n) is 14.8. The number of Topliss-reactive ketones (excluding diaryl/α,β-unsaturated/α-hetero) is 1. The summed E-state index contributed by atoms with van der Waals surface area (Å²) in [6.45, 7) is 6.02. The molecule has 1 saturated carbocycles. The summed E-state index contributed by atoms with van der Waals surface area (Å²) in [5.41, 5.74) is -5.92. The van der Waals surface area contributed by atoms with Crippen LogP contribution in [0.15, 0.2) is 36.4 Å². The maximum atomic E-state index is 15.9. The molecule has 1 aliphatic carbocycles. The molecule has 5 rings (SSSR count). The molecule has 0 radical (unpaired) electrons. The summed E-state index contributed by atoms with van der Waals surface area (Å²) < 4.78 is 79.4. The SMILES string of the molecule is CC(C)(C)C[C@H]1N[C@@H](C(=O)CC2CCC(NS(=O)(=O)C(F)(F)F)CC2)[C@H](c2cccc(Cl)c2F)[C@@]12C(=O)Nc1cc(Cl)ccc12. The van der Waals surface area contributed by atoms with Crippen molar-refractivity contribution in [2.75, 3.05) is 5.32 Å². The minimum atomic E-state index is -5.48. The Balaban J connectivity index is 1.50. The number of amides is 1. The Labute approximate surface area is 269 Å². The summed E-state index contributed by atoms with van der Waals surface area (Å²) in [4.78, 5) is 28.5. The van der Waals surface area contributed by atoms with E-state index in [1.54, 1.807) is 29.0 Å². The molecule has 2 aromatic rings. The summed E-state index contributed by atoms with van der Waals surface area (Å²) in [5, 5.41) is 6.61. The lowest BCUT2D eigenvalue weighted by Crippen LogP contribution is -2.49. The zero-order valence-corrected chi connectivity index (χ0v) is 27.2. The van der Waals surface area contributed by atoms with Crippen molar-refractivity contribution >= 4 is 50.6 Å². The molecule has 2 aliphatic heterocycles. The number of ketones is 1. The van der Waals surface area contributed by atoms with Gasteiger partial charge < -0.3 is 10.6 Å². The minimum Gasteiger partial charge on any atom is -0.325 e. The lowest BCUT2D eigenvalue weighted by molar-refractivity contribution is -0.123. The van der Waals surface area contributed by atoms with E-state index in [1.807, 2.05) is 20.8 Å². The predicted molar refractivity (Wildman–Crippen MR) is 164 cm³/mol. The zero-order valence-electron chi connectivity index (χ0n) is 24.9. The molecule has 14 heteroatoms. The number of anilines is 1. The maximum absolute atomic E-state index is 15.9. The van der Waals surface area contributed by atoms with Crippen molar-refractivity contribution in [2.24, 2.45) is 11.3 Å². The van der Waals surface area contributed by atoms with E-state index in [4.69, 9.17) is 23.2 Å². The summed E-state index contributed by atoms with van der Waals surface area (Å²) >= 11 is 12.5. The minimum absolute atomic E-state index is 0.0164. The number of benzene rings is 2. The Hall–Kier alpha value is -2.25. The highest BCUT2D eigenvalue weighted by atomic mass is 35.5. The van der Waals surface area contributed by atoms with Crippen molar-refractivity contribution < 1.29 is 35.6 Å². The number of fused-ring (bicyclic) bond motifs is 2. The van der Waals surface area contributed by atoms with Crippen LogP contribution in [0.3, 0.4) is 0 Å². The van der Waals surface area contributed by atoms with Gasteiger partial charge in [0.25, 0.3) is 0 Å². The van der Waals surface area contributed by atoms with Crippen LogP contribution < -0.4 is 15.4 Å². The molecule has 45 heavy (non-hydrogen) atoms. The fourth-order valence-corrected chi connectivity index (χ4v) is 8.55. The molecule has 1 spiro atoms. The van der Waals surface area contributed by atoms with Crippen LogP contribution in [0.5, 0.6) is 0 Å². The quantitative estimate of drug-likeness (QED) is 0.276. The topological polar surface area (TPSA) is 104 Å². The molecule has 4 atom stereocenters. The summed E-state index contributed by atoms with van der Waals surface area (Å²) in [7, 11) is -5.48. The summed E-state index contributed by atoms with van der Waals surface area (Å²) in [5.74, 6) is -2.62. The molecule has 3 N–H and O–H groups in total. The lowest BCUT2D eigenvalue weighted by Gasteiger charge is -2.38. The van der Waals surface area contributed by atoms with Crippen LogP contribution in [0.25, 0.3) is 0 Å². The van der Waals surface area contributed by atoms with E-state index >= 15 is 4.39 Å². The number of alkyl halides is 3. The molecule has 0 aromatic heterocycles. The number of halogens is 6. The molecule has 1 amide bonds. The van der Waals surface area contributed by atoms with Crippen LogP contribution in [-0.2, 0) is 25.0 Å². The number of hydrogen-bond acceptors (Lipinski definition) is 5. The highest BCUT2D eigenvalue weighted by Crippen LogP contribution is 2.57. The molecule has 0 bridgehead atoms. The molecule has 2 aromatic carbocycles. The maximum Gasteiger partial charge on any atom is 0.511 e. The number of hydrogen-bond donors (Lipinski definition) is 3. The van der Waals surface area contributed by atoms with E-state index in [9.17, 15) is 31.2 Å². The molecule has 2 heterocycles. The Morgan fingerprint density at radius 1 is 1.07 bits per heavy atom. The van der Waals surface area contributed by atoms with Crippen molar-refractivity contribution in [3.05, 3.63) is 63.4 Å². The Morgan fingerprint density at radius 3 is 2.36 bits per heavy atom. The number of carbonyl (C=O) groups excluding carboxylic acids is 2. The Bertz CT molecular complexity index is 1610. The monoisotopic (exact) mass is 691 g/mol. The highest BCUT2D eigenvalue weighted by molar-refractivity contribution is 7.90. The molecule has 1 saturated heterocycles. The average molecular weight is 693 g/mol. The third kappa shape index (κ3) is 6.37. The summed E-state index contributed by atoms with van der Waals surface area (Å²) in [6.07, 6.45) is 1.36. The third-order valence-electron chi connectivity index (χ3n) is 9.25. The second-order valence-corrected chi connectivity index (χ2v) is 16.1. The van der Waals surface area contributed by atoms with E-state index < -0.39 is 56.7 Å². The number of carbonyl (C=O) groups is 2. The highest BCUT2D eigenvalue weighted by Gasteiger charge is 2.66. The number of rotatable bonds is 7. The fourth-order valence-electron chi connectivity index (χ4n) is 7.39. The van der Waals surface area contributed by atoms with Crippen molar-refractivity contribution in [3.63, 3.8) is 0 Å². The zero-order chi connectivity index (χ0) is 33.1. The van der Waals surface area contributed by atoms with Crippen LogP contribution in [0, 0.1) is 17.2 Å². The molecule has 3 aliphatic rings. The molecule has 246 valence electrons. The van der Waals surface area contributed by atoms with Crippen molar-refractivity contribution in [1.29, 1.82) is 0 Å². The fraction of sp³-hybridized carbons (Fsp3) is 0.548. The second kappa shape index (κ2) is 12.1. The third-order valence-corrected chi connectivity index (χ3v) is 11.0. The van der Waals surface area contributed by atoms with Gasteiger partial charge in [-0.25, -0.2) is 17.5 Å². The van der Waals surface area contributed by atoms with Gasteiger partial charge in [0.2, 0.25) is 5.91 Å². The first-order chi connectivity index (χ1) is 20.8. The molecule has 2 fully saturated rings. The van der Waals surface area contributed by atoms with Crippen molar-refractivity contribution in [3.8, 4) is 0 Å². The van der Waals surface area contributed by atoms with Crippen molar-refractivity contribution in [2.45, 2.75) is 94.3 Å². The van der Waals surface area contributed by atoms with E-state index in [0.29, 0.717) is 35.5 Å². The summed E-state index contributed by atoms with van der Waals surface area (Å²) in [6, 6.07) is 7.03. The molecular weight excluding hydrogens is 657 g/mol. The Kier molecular flexibility index (Phi) is 9.15. The van der Waals surface area contributed by atoms with E-state index in [1.165, 1.54) is 12.1 Å². The number of sulfonamides is 1. The van der Waals surface area contributed by atoms with E-state index in [-0.39, 0.29) is 47.0 Å². The van der Waals surface area contributed by atoms with Gasteiger partial charge in [0.05, 0.1) is 11.1 Å². The van der Waals surface area contributed by atoms with Gasteiger partial charge in [-0.2, -0.15) is 13.2 Å². The van der Waals surface area contributed by atoms with E-state index in [2.05, 4.69) is 10.6 Å². The first-order valence-corrected chi connectivity index (χ1v) is 17.0. The van der Waals surface area contributed by atoms with Gasteiger partial charge in [0.15, 0.2) is 5.78 Å². The van der Waals surface area contributed by atoms with Gasteiger partial charge >= 0.3 is 15.5 Å². The first kappa shape index (κ1) is 34.1. The normalized spacial score (nSPS) is 28.7. The van der Waals surface area contributed by atoms with Crippen LogP contribution in [0.4, 0.5) is 23.2 Å². The van der Waals surface area contributed by atoms with Crippen LogP contribution in [-0.4, -0.2) is 43.7 Å². The molecular formula is C31H35Cl2F4N3O4S. The van der Waals surface area contributed by atoms with Gasteiger partial charge in [0.1, 0.15) is 11.2 Å². The smallest absolute Gasteiger partial charge is 0.325 e. The predicted octanol–water partition coefficient (Wildman–Crippen LogP) is 6.84. The van der Waals surface area contributed by atoms with Crippen LogP contribution in [0.2, 0.25) is 10.0 Å². The van der Waals surface area contributed by atoms with Gasteiger partial charge in [-0.3, -0.25) is 9.59 Å².